The van der Waals surface area contributed by atoms with E-state index in [4.69, 9.17) is 21.1 Å². The molecule has 0 radical (unpaired) electrons. The first-order chi connectivity index (χ1) is 20.1. The van der Waals surface area contributed by atoms with E-state index in [1.54, 1.807) is 36.4 Å². The van der Waals surface area contributed by atoms with Gasteiger partial charge >= 0.3 is 0 Å². The Hall–Kier alpha value is -2.71. The molecule has 1 aliphatic carbocycles. The van der Waals surface area contributed by atoms with Crippen LogP contribution in [0.4, 0.5) is 0 Å². The molecule has 0 aliphatic heterocycles. The van der Waals surface area contributed by atoms with Gasteiger partial charge in [0.15, 0.2) is 11.5 Å². The summed E-state index contributed by atoms with van der Waals surface area (Å²) in [6.07, 6.45) is -0.0884. The normalized spacial score (nSPS) is 18.2. The molecule has 0 saturated carbocycles. The SMILES string of the molecule is COc1cc(CO)cc(I)c1OC1C=C(C(=O)NCCO)CC(N(Cc2ccc(Cl)cc2)C(=O)CCCC(C)=O)C1O. The summed E-state index contributed by atoms with van der Waals surface area (Å²) < 4.78 is 12.4. The summed E-state index contributed by atoms with van der Waals surface area (Å²) in [5, 5.41) is 33.7. The third-order valence-corrected chi connectivity index (χ3v) is 7.90. The number of hydrogen-bond acceptors (Lipinski definition) is 8. The predicted octanol–water partition coefficient (Wildman–Crippen LogP) is 3.15. The standard InChI is InChI=1S/C30H36ClIN2O8/c1-18(37)4-3-5-27(38)34(16-19-6-8-22(31)9-7-19)24-14-21(30(40)33-10-11-35)15-25(28(24)39)42-29-23(32)12-20(17-36)13-26(29)41-2/h6-9,12-13,15,24-25,28,35-36,39H,3-5,10-11,14,16-17H2,1-2H3,(H,33,40). The molecule has 0 spiro atoms. The maximum atomic E-state index is 13.6. The number of benzene rings is 2. The summed E-state index contributed by atoms with van der Waals surface area (Å²) in [4.78, 5) is 39.7. The summed E-state index contributed by atoms with van der Waals surface area (Å²) in [5.74, 6) is -0.130. The van der Waals surface area contributed by atoms with Crippen LogP contribution in [0, 0.1) is 3.57 Å². The van der Waals surface area contributed by atoms with Gasteiger partial charge in [-0.1, -0.05) is 23.7 Å². The van der Waals surface area contributed by atoms with Crippen LogP contribution in [0.5, 0.6) is 11.5 Å². The molecule has 0 fully saturated rings. The smallest absolute Gasteiger partial charge is 0.247 e. The number of nitrogens with one attached hydrogen (secondary N) is 1. The Kier molecular flexibility index (Phi) is 13.1. The highest BCUT2D eigenvalue weighted by atomic mass is 127. The fourth-order valence-electron chi connectivity index (χ4n) is 4.70. The first kappa shape index (κ1) is 33.8. The van der Waals surface area contributed by atoms with Crippen LogP contribution in [0.2, 0.25) is 5.02 Å². The minimum atomic E-state index is -1.25. The number of aliphatic hydroxyl groups is 3. The van der Waals surface area contributed by atoms with E-state index in [-0.39, 0.29) is 62.8 Å². The molecule has 2 aromatic carbocycles. The number of halogens is 2. The highest BCUT2D eigenvalue weighted by Crippen LogP contribution is 2.37. The fourth-order valence-corrected chi connectivity index (χ4v) is 5.62. The molecule has 4 N–H and O–H groups in total. The van der Waals surface area contributed by atoms with E-state index in [0.29, 0.717) is 32.1 Å². The second kappa shape index (κ2) is 16.2. The van der Waals surface area contributed by atoms with Crippen molar-refractivity contribution < 1.29 is 39.2 Å². The number of carbonyl (C=O) groups excluding carboxylic acids is 3. The van der Waals surface area contributed by atoms with E-state index in [2.05, 4.69) is 5.32 Å². The van der Waals surface area contributed by atoms with Gasteiger partial charge in [0, 0.05) is 42.9 Å². The number of carbonyl (C=O) groups is 3. The number of hydrogen-bond donors (Lipinski definition) is 4. The molecule has 0 saturated heterocycles. The van der Waals surface area contributed by atoms with Crippen LogP contribution in [-0.4, -0.2) is 76.3 Å². The first-order valence-corrected chi connectivity index (χ1v) is 15.0. The van der Waals surface area contributed by atoms with Gasteiger partial charge in [-0.3, -0.25) is 9.59 Å². The van der Waals surface area contributed by atoms with Crippen LogP contribution in [0.3, 0.4) is 0 Å². The highest BCUT2D eigenvalue weighted by molar-refractivity contribution is 14.1. The summed E-state index contributed by atoms with van der Waals surface area (Å²) in [7, 11) is 1.46. The number of rotatable bonds is 14. The maximum Gasteiger partial charge on any atom is 0.247 e. The van der Waals surface area contributed by atoms with Crippen LogP contribution >= 0.6 is 34.2 Å². The summed E-state index contributed by atoms with van der Waals surface area (Å²) in [6.45, 7) is 1.16. The van der Waals surface area contributed by atoms with Gasteiger partial charge in [0.1, 0.15) is 18.0 Å². The number of aliphatic hydroxyl groups excluding tert-OH is 3. The van der Waals surface area contributed by atoms with Crippen molar-refractivity contribution in [3.63, 3.8) is 0 Å². The van der Waals surface area contributed by atoms with Crippen molar-refractivity contribution in [2.75, 3.05) is 20.3 Å². The number of methoxy groups -OCH3 is 1. The summed E-state index contributed by atoms with van der Waals surface area (Å²) >= 11 is 8.10. The zero-order valence-electron chi connectivity index (χ0n) is 23.5. The maximum absolute atomic E-state index is 13.6. The van der Waals surface area contributed by atoms with Crippen molar-refractivity contribution in [3.8, 4) is 11.5 Å². The molecule has 12 heteroatoms. The first-order valence-electron chi connectivity index (χ1n) is 13.5. The zero-order valence-corrected chi connectivity index (χ0v) is 26.4. The van der Waals surface area contributed by atoms with Crippen LogP contribution in [0.1, 0.15) is 43.7 Å². The highest BCUT2D eigenvalue weighted by Gasteiger charge is 2.41. The molecule has 0 bridgehead atoms. The second-order valence-corrected chi connectivity index (χ2v) is 11.6. The fraction of sp³-hybridized carbons (Fsp3) is 0.433. The van der Waals surface area contributed by atoms with Crippen LogP contribution in [0.15, 0.2) is 48.0 Å². The van der Waals surface area contributed by atoms with E-state index in [1.165, 1.54) is 25.0 Å². The van der Waals surface area contributed by atoms with Crippen LogP contribution < -0.4 is 14.8 Å². The van der Waals surface area contributed by atoms with Crippen molar-refractivity contribution in [2.45, 2.75) is 64.0 Å². The Balaban J connectivity index is 2.02. The lowest BCUT2D eigenvalue weighted by Gasteiger charge is -2.41. The van der Waals surface area contributed by atoms with Gasteiger partial charge in [-0.2, -0.15) is 0 Å². The van der Waals surface area contributed by atoms with E-state index in [0.717, 1.165) is 5.56 Å². The molecule has 3 unspecified atom stereocenters. The minimum Gasteiger partial charge on any atom is -0.493 e. The molecular formula is C30H36ClIN2O8. The van der Waals surface area contributed by atoms with Gasteiger partial charge in [-0.15, -0.1) is 0 Å². The zero-order chi connectivity index (χ0) is 30.8. The number of Topliss-reactive ketones (excluding diaryl/α,β-unsaturated/α-hetero) is 1. The van der Waals surface area contributed by atoms with E-state index in [9.17, 15) is 29.7 Å². The average molecular weight is 715 g/mol. The van der Waals surface area contributed by atoms with Crippen molar-refractivity contribution >= 4 is 51.8 Å². The third-order valence-electron chi connectivity index (χ3n) is 6.85. The molecule has 2 amide bonds. The van der Waals surface area contributed by atoms with Crippen molar-refractivity contribution in [3.05, 3.63) is 67.8 Å². The Morgan fingerprint density at radius 3 is 2.45 bits per heavy atom. The summed E-state index contributed by atoms with van der Waals surface area (Å²) in [5.41, 5.74) is 1.65. The quantitative estimate of drug-likeness (QED) is 0.219. The minimum absolute atomic E-state index is 0.0280. The summed E-state index contributed by atoms with van der Waals surface area (Å²) in [6, 6.07) is 9.44. The van der Waals surface area contributed by atoms with Gasteiger partial charge in [0.2, 0.25) is 11.8 Å². The molecule has 3 rings (SSSR count). The predicted molar refractivity (Wildman–Crippen MR) is 165 cm³/mol. The Morgan fingerprint density at radius 1 is 1.12 bits per heavy atom. The van der Waals surface area contributed by atoms with E-state index >= 15 is 0 Å². The Bertz CT molecular complexity index is 1290. The van der Waals surface area contributed by atoms with Gasteiger partial charge in [-0.25, -0.2) is 0 Å². The molecule has 0 aromatic heterocycles. The topological polar surface area (TPSA) is 146 Å². The van der Waals surface area contributed by atoms with Gasteiger partial charge < -0.3 is 39.8 Å². The van der Waals surface area contributed by atoms with Gasteiger partial charge in [0.05, 0.1) is 29.9 Å². The Morgan fingerprint density at radius 2 is 1.83 bits per heavy atom. The van der Waals surface area contributed by atoms with Crippen molar-refractivity contribution in [1.29, 1.82) is 0 Å². The Labute approximate surface area is 263 Å². The lowest BCUT2D eigenvalue weighted by Crippen LogP contribution is -2.54. The molecule has 2 aromatic rings. The molecule has 3 atom stereocenters. The molecule has 42 heavy (non-hydrogen) atoms. The largest absolute Gasteiger partial charge is 0.493 e. The average Bonchev–Trinajstić information content (AvgIpc) is 2.97. The van der Waals surface area contributed by atoms with Gasteiger partial charge in [-0.05, 0) is 77.4 Å². The monoisotopic (exact) mass is 714 g/mol. The van der Waals surface area contributed by atoms with Crippen molar-refractivity contribution in [2.24, 2.45) is 0 Å². The van der Waals surface area contributed by atoms with Crippen LogP contribution in [-0.2, 0) is 27.5 Å². The lowest BCUT2D eigenvalue weighted by molar-refractivity contribution is -0.139. The van der Waals surface area contributed by atoms with E-state index < -0.39 is 24.2 Å². The number of ketones is 1. The number of ether oxygens (including phenoxy) is 2. The van der Waals surface area contributed by atoms with E-state index in [1.807, 2.05) is 22.6 Å². The van der Waals surface area contributed by atoms with Crippen molar-refractivity contribution in [1.82, 2.24) is 10.2 Å². The number of amides is 2. The molecule has 0 heterocycles. The van der Waals surface area contributed by atoms with Gasteiger partial charge in [0.25, 0.3) is 0 Å². The second-order valence-electron chi connectivity index (χ2n) is 9.99. The molecule has 10 nitrogen and oxygen atoms in total. The molecule has 228 valence electrons. The lowest BCUT2D eigenvalue weighted by atomic mass is 9.87. The van der Waals surface area contributed by atoms with Crippen LogP contribution in [0.25, 0.3) is 0 Å². The third kappa shape index (κ3) is 9.14. The molecule has 1 aliphatic rings. The molecular weight excluding hydrogens is 679 g/mol. The number of nitrogens with zero attached hydrogens (tertiary/aromatic N) is 1.